The summed E-state index contributed by atoms with van der Waals surface area (Å²) in [4.78, 5) is 23.6. The minimum absolute atomic E-state index is 0.0140. The molecule has 2 N–H and O–H groups in total. The number of carbonyl (C=O) groups excluding carboxylic acids is 1. The zero-order valence-electron chi connectivity index (χ0n) is 16.8. The molecule has 1 unspecified atom stereocenters. The van der Waals surface area contributed by atoms with E-state index in [1.807, 2.05) is 5.32 Å². The number of halogens is 5. The molecule has 0 saturated heterocycles. The van der Waals surface area contributed by atoms with Gasteiger partial charge in [-0.2, -0.15) is 13.2 Å². The highest BCUT2D eigenvalue weighted by molar-refractivity contribution is 5.99. The van der Waals surface area contributed by atoms with Crippen molar-refractivity contribution < 1.29 is 41.4 Å². The van der Waals surface area contributed by atoms with Crippen LogP contribution in [0.5, 0.6) is 5.75 Å². The molecule has 1 aromatic heterocycles. The predicted octanol–water partition coefficient (Wildman–Crippen LogP) is 5.34. The highest BCUT2D eigenvalue weighted by Gasteiger charge is 2.42. The molecule has 11 heteroatoms. The summed E-state index contributed by atoms with van der Waals surface area (Å²) >= 11 is 0. The normalized spacial score (nSPS) is 12.6. The Kier molecular flexibility index (Phi) is 6.11. The van der Waals surface area contributed by atoms with Crippen LogP contribution in [0, 0.1) is 18.6 Å². The number of carboxylic acid groups (broad SMARTS) is 1. The number of alkyl halides is 3. The minimum Gasteiger partial charge on any atom is -0.449 e. The van der Waals surface area contributed by atoms with Gasteiger partial charge in [0, 0.05) is 17.4 Å². The van der Waals surface area contributed by atoms with Crippen LogP contribution < -0.4 is 10.1 Å². The van der Waals surface area contributed by atoms with Crippen LogP contribution in [0.4, 0.5) is 26.7 Å². The molecule has 1 atom stereocenters. The number of hydrogen-bond acceptors (Lipinski definition) is 3. The first-order valence-corrected chi connectivity index (χ1v) is 9.29. The molecule has 6 nitrogen and oxygen atoms in total. The zero-order valence-corrected chi connectivity index (χ0v) is 16.8. The molecule has 0 aliphatic carbocycles. The van der Waals surface area contributed by atoms with Crippen LogP contribution in [-0.4, -0.2) is 27.9 Å². The van der Waals surface area contributed by atoms with Crippen LogP contribution in [-0.2, 0) is 6.54 Å². The number of carbonyl (C=O) groups is 2. The van der Waals surface area contributed by atoms with Gasteiger partial charge in [0.05, 0.1) is 0 Å². The summed E-state index contributed by atoms with van der Waals surface area (Å²) in [7, 11) is 0. The van der Waals surface area contributed by atoms with Gasteiger partial charge in [0.25, 0.3) is 5.91 Å². The lowest BCUT2D eigenvalue weighted by atomic mass is 10.1. The van der Waals surface area contributed by atoms with Crippen LogP contribution in [0.3, 0.4) is 0 Å². The minimum atomic E-state index is -4.98. The van der Waals surface area contributed by atoms with E-state index < -0.39 is 41.5 Å². The topological polar surface area (TPSA) is 80.6 Å². The lowest BCUT2D eigenvalue weighted by Crippen LogP contribution is -2.39. The summed E-state index contributed by atoms with van der Waals surface area (Å²) in [6, 6.07) is 3.28. The van der Waals surface area contributed by atoms with E-state index >= 15 is 0 Å². The molecule has 0 bridgehead atoms. The van der Waals surface area contributed by atoms with Gasteiger partial charge in [-0.05, 0) is 55.3 Å². The molecular formula is C21H17F5N2O4. The van der Waals surface area contributed by atoms with Crippen molar-refractivity contribution >= 4 is 23.0 Å². The van der Waals surface area contributed by atoms with Gasteiger partial charge in [-0.25, -0.2) is 13.6 Å². The van der Waals surface area contributed by atoms with Crippen molar-refractivity contribution in [2.45, 2.75) is 32.6 Å². The SMILES string of the molecule is CCn1c(C(=O)NC(c2ccc(F)c(F)c2)C(F)(F)F)cc2cc(OC(=O)O)c(C)cc21. The van der Waals surface area contributed by atoms with Crippen molar-refractivity contribution in [3.05, 3.63) is 64.9 Å². The monoisotopic (exact) mass is 456 g/mol. The number of benzene rings is 2. The second-order valence-corrected chi connectivity index (χ2v) is 6.94. The third-order valence-electron chi connectivity index (χ3n) is 4.82. The fraction of sp³-hybridized carbons (Fsp3) is 0.238. The number of fused-ring (bicyclic) bond motifs is 1. The van der Waals surface area contributed by atoms with Crippen molar-refractivity contribution in [1.29, 1.82) is 0 Å². The first-order valence-electron chi connectivity index (χ1n) is 9.29. The van der Waals surface area contributed by atoms with Gasteiger partial charge in [0.2, 0.25) is 0 Å². The Hall–Kier alpha value is -3.63. The second kappa shape index (κ2) is 8.48. The molecule has 0 saturated carbocycles. The van der Waals surface area contributed by atoms with E-state index in [1.54, 1.807) is 19.9 Å². The highest BCUT2D eigenvalue weighted by Crippen LogP contribution is 2.34. The Morgan fingerprint density at radius 1 is 1.12 bits per heavy atom. The van der Waals surface area contributed by atoms with E-state index in [9.17, 15) is 31.5 Å². The Labute approximate surface area is 178 Å². The number of amides is 1. The van der Waals surface area contributed by atoms with E-state index in [2.05, 4.69) is 4.74 Å². The molecule has 0 aliphatic rings. The quantitative estimate of drug-likeness (QED) is 0.309. The molecule has 2 aromatic carbocycles. The fourth-order valence-electron chi connectivity index (χ4n) is 3.38. The summed E-state index contributed by atoms with van der Waals surface area (Å²) in [5.74, 6) is -3.88. The number of nitrogens with zero attached hydrogens (tertiary/aromatic N) is 1. The number of ether oxygens (including phenoxy) is 1. The molecule has 0 aliphatic heterocycles. The number of rotatable bonds is 5. The zero-order chi connectivity index (χ0) is 23.8. The largest absolute Gasteiger partial charge is 0.511 e. The van der Waals surface area contributed by atoms with Crippen LogP contribution >= 0.6 is 0 Å². The highest BCUT2D eigenvalue weighted by atomic mass is 19.4. The fourth-order valence-corrected chi connectivity index (χ4v) is 3.38. The van der Waals surface area contributed by atoms with E-state index in [0.29, 0.717) is 28.6 Å². The van der Waals surface area contributed by atoms with Crippen LogP contribution in [0.1, 0.15) is 34.6 Å². The number of hydrogen-bond donors (Lipinski definition) is 2. The maximum atomic E-state index is 13.6. The lowest BCUT2D eigenvalue weighted by Gasteiger charge is -2.22. The third kappa shape index (κ3) is 4.51. The number of nitrogens with one attached hydrogen (secondary N) is 1. The summed E-state index contributed by atoms with van der Waals surface area (Å²) in [6.45, 7) is 3.46. The van der Waals surface area contributed by atoms with E-state index in [-0.39, 0.29) is 18.0 Å². The molecule has 0 radical (unpaired) electrons. The second-order valence-electron chi connectivity index (χ2n) is 6.94. The van der Waals surface area contributed by atoms with Crippen molar-refractivity contribution in [2.24, 2.45) is 0 Å². The molecule has 3 rings (SSSR count). The van der Waals surface area contributed by atoms with Gasteiger partial charge in [0.1, 0.15) is 11.4 Å². The van der Waals surface area contributed by atoms with Gasteiger partial charge < -0.3 is 19.7 Å². The lowest BCUT2D eigenvalue weighted by molar-refractivity contribution is -0.155. The van der Waals surface area contributed by atoms with Crippen molar-refractivity contribution in [1.82, 2.24) is 9.88 Å². The average molecular weight is 456 g/mol. The predicted molar refractivity (Wildman–Crippen MR) is 104 cm³/mol. The smallest absolute Gasteiger partial charge is 0.449 e. The molecule has 3 aromatic rings. The molecule has 0 spiro atoms. The average Bonchev–Trinajstić information content (AvgIpc) is 3.04. The standard InChI is InChI=1S/C21H17F5N2O4/c1-3-28-15-6-10(2)17(32-20(30)31)9-12(15)8-16(28)19(29)27-18(21(24,25)26)11-4-5-13(22)14(23)7-11/h4-9,18H,3H2,1-2H3,(H,27,29)(H,30,31). The van der Waals surface area contributed by atoms with Gasteiger partial charge in [-0.3, -0.25) is 4.79 Å². The van der Waals surface area contributed by atoms with Crippen molar-refractivity contribution in [2.75, 3.05) is 0 Å². The summed E-state index contributed by atoms with van der Waals surface area (Å²) in [5.41, 5.74) is 0.113. The Balaban J connectivity index is 2.03. The van der Waals surface area contributed by atoms with Crippen LogP contribution in [0.25, 0.3) is 10.9 Å². The number of aryl methyl sites for hydroxylation is 2. The number of aromatic nitrogens is 1. The van der Waals surface area contributed by atoms with Gasteiger partial charge in [-0.1, -0.05) is 6.07 Å². The van der Waals surface area contributed by atoms with Gasteiger partial charge >= 0.3 is 12.3 Å². The summed E-state index contributed by atoms with van der Waals surface area (Å²) in [5, 5.41) is 11.0. The van der Waals surface area contributed by atoms with E-state index in [0.717, 1.165) is 6.07 Å². The molecule has 170 valence electrons. The first kappa shape index (κ1) is 23.0. The molecule has 1 amide bonds. The molecular weight excluding hydrogens is 439 g/mol. The van der Waals surface area contributed by atoms with Gasteiger partial charge in [-0.15, -0.1) is 0 Å². The first-order chi connectivity index (χ1) is 14.9. The maximum absolute atomic E-state index is 13.6. The van der Waals surface area contributed by atoms with Crippen molar-refractivity contribution in [3.63, 3.8) is 0 Å². The molecule has 32 heavy (non-hydrogen) atoms. The summed E-state index contributed by atoms with van der Waals surface area (Å²) in [6.07, 6.45) is -6.53. The van der Waals surface area contributed by atoms with Crippen LogP contribution in [0.15, 0.2) is 36.4 Å². The Bertz CT molecular complexity index is 1200. The van der Waals surface area contributed by atoms with Crippen LogP contribution in [0.2, 0.25) is 0 Å². The van der Waals surface area contributed by atoms with Crippen molar-refractivity contribution in [3.8, 4) is 5.75 Å². The Morgan fingerprint density at radius 3 is 2.38 bits per heavy atom. The molecule has 1 heterocycles. The van der Waals surface area contributed by atoms with E-state index in [1.165, 1.54) is 16.7 Å². The van der Waals surface area contributed by atoms with Gasteiger partial charge in [0.15, 0.2) is 17.7 Å². The van der Waals surface area contributed by atoms with E-state index in [4.69, 9.17) is 5.11 Å². The Morgan fingerprint density at radius 2 is 1.81 bits per heavy atom. The maximum Gasteiger partial charge on any atom is 0.511 e. The summed E-state index contributed by atoms with van der Waals surface area (Å²) < 4.78 is 73.6. The molecule has 0 fully saturated rings. The third-order valence-corrected chi connectivity index (χ3v) is 4.82.